The summed E-state index contributed by atoms with van der Waals surface area (Å²) in [6.45, 7) is 1.67. The Morgan fingerprint density at radius 3 is 2.57 bits per heavy atom. The highest BCUT2D eigenvalue weighted by Crippen LogP contribution is 2.34. The Morgan fingerprint density at radius 1 is 1.23 bits per heavy atom. The highest BCUT2D eigenvalue weighted by atomic mass is 32.2. The van der Waals surface area contributed by atoms with E-state index in [1.165, 1.54) is 12.7 Å². The first kappa shape index (κ1) is 23.3. The molecule has 7 nitrogen and oxygen atoms in total. The molecule has 1 aromatic carbocycles. The van der Waals surface area contributed by atoms with Crippen LogP contribution >= 0.6 is 12.2 Å². The first-order valence-corrected chi connectivity index (χ1v) is 11.6. The van der Waals surface area contributed by atoms with Gasteiger partial charge in [-0.05, 0) is 56.6 Å². The van der Waals surface area contributed by atoms with Gasteiger partial charge in [0.2, 0.25) is 0 Å². The fourth-order valence-electron chi connectivity index (χ4n) is 4.83. The molecule has 1 unspecified atom stereocenters. The molecule has 8 heteroatoms. The van der Waals surface area contributed by atoms with E-state index < -0.39 is 0 Å². The summed E-state index contributed by atoms with van der Waals surface area (Å²) in [5.74, 6) is 0.781. The maximum Gasteiger partial charge on any atom is 0.409 e. The van der Waals surface area contributed by atoms with Crippen LogP contribution in [0.25, 0.3) is 0 Å². The molecule has 2 aliphatic rings. The van der Waals surface area contributed by atoms with E-state index in [0.29, 0.717) is 37.8 Å². The number of carbonyl (C=O) groups is 1. The Balaban J connectivity index is 1.55. The average molecular weight is 438 g/mol. The van der Waals surface area contributed by atoms with Crippen LogP contribution in [0.5, 0.6) is 0 Å². The predicted molar refractivity (Wildman–Crippen MR) is 119 cm³/mol. The number of benzene rings is 1. The molecule has 0 spiro atoms. The molecule has 1 amide bonds. The third-order valence-electron chi connectivity index (χ3n) is 6.62. The quantitative estimate of drug-likeness (QED) is 0.498. The Bertz CT molecular complexity index is 657. The SMILES string of the molecule is COC(=O)N1CCC(CN(C)SO)[C@H](N)[C@@H]1COC1CCC(c2ccccc2)CC1. The number of carbonyl (C=O) groups excluding carboxylic acids is 1. The van der Waals surface area contributed by atoms with Gasteiger partial charge >= 0.3 is 6.09 Å². The van der Waals surface area contributed by atoms with Crippen molar-refractivity contribution in [3.05, 3.63) is 35.9 Å². The standard InChI is InChI=1S/C22H35N3O4S/c1-24(30-27)14-18-12-13-25(22(26)28-2)20(21(18)23)15-29-19-10-8-17(9-11-19)16-6-4-3-5-7-16/h3-7,17-21,27H,8-15,23H2,1-2H3/t17?,18?,19?,20-,21-/m0/s1. The Hall–Kier alpha value is -1.32. The van der Waals surface area contributed by atoms with Crippen LogP contribution in [-0.2, 0) is 9.47 Å². The van der Waals surface area contributed by atoms with Crippen molar-refractivity contribution in [1.29, 1.82) is 0 Å². The number of ether oxygens (including phenoxy) is 2. The summed E-state index contributed by atoms with van der Waals surface area (Å²) in [6, 6.07) is 10.2. The molecule has 0 aromatic heterocycles. The lowest BCUT2D eigenvalue weighted by molar-refractivity contribution is -0.0321. The number of amides is 1. The highest BCUT2D eigenvalue weighted by molar-refractivity contribution is 7.91. The normalized spacial score (nSPS) is 29.8. The number of rotatable bonds is 7. The average Bonchev–Trinajstić information content (AvgIpc) is 2.79. The van der Waals surface area contributed by atoms with Crippen LogP contribution in [0, 0.1) is 5.92 Å². The van der Waals surface area contributed by atoms with Gasteiger partial charge in [0.05, 0.1) is 38.1 Å². The zero-order valence-electron chi connectivity index (χ0n) is 18.0. The monoisotopic (exact) mass is 437 g/mol. The number of piperidine rings is 1. The Morgan fingerprint density at radius 2 is 1.93 bits per heavy atom. The second-order valence-corrected chi connectivity index (χ2v) is 9.25. The number of hydrogen-bond acceptors (Lipinski definition) is 7. The number of methoxy groups -OCH3 is 1. The number of nitrogens with two attached hydrogens (primary N) is 1. The maximum atomic E-state index is 12.3. The van der Waals surface area contributed by atoms with Gasteiger partial charge in [-0.1, -0.05) is 30.3 Å². The molecule has 1 aromatic rings. The molecule has 3 N–H and O–H groups in total. The van der Waals surface area contributed by atoms with Gasteiger partial charge in [-0.3, -0.25) is 0 Å². The molecule has 1 saturated heterocycles. The Kier molecular flexibility index (Phi) is 8.83. The van der Waals surface area contributed by atoms with Gasteiger partial charge in [-0.15, -0.1) is 0 Å². The van der Waals surface area contributed by atoms with Crippen molar-refractivity contribution in [1.82, 2.24) is 9.21 Å². The molecular weight excluding hydrogens is 402 g/mol. The summed E-state index contributed by atoms with van der Waals surface area (Å²) in [5, 5.41) is 0. The summed E-state index contributed by atoms with van der Waals surface area (Å²) in [5.41, 5.74) is 7.99. The van der Waals surface area contributed by atoms with Crippen molar-refractivity contribution in [2.75, 3.05) is 33.9 Å². The summed E-state index contributed by atoms with van der Waals surface area (Å²) in [6.07, 6.45) is 4.91. The molecule has 3 rings (SSSR count). The van der Waals surface area contributed by atoms with E-state index in [1.807, 2.05) is 7.05 Å². The Labute approximate surface area is 184 Å². The van der Waals surface area contributed by atoms with Gasteiger partial charge in [0.25, 0.3) is 0 Å². The largest absolute Gasteiger partial charge is 0.453 e. The van der Waals surface area contributed by atoms with E-state index in [2.05, 4.69) is 30.3 Å². The van der Waals surface area contributed by atoms with Gasteiger partial charge in [0.15, 0.2) is 0 Å². The van der Waals surface area contributed by atoms with E-state index in [9.17, 15) is 9.35 Å². The predicted octanol–water partition coefficient (Wildman–Crippen LogP) is 3.57. The molecule has 0 bridgehead atoms. The number of likely N-dealkylation sites (tertiary alicyclic amines) is 1. The molecule has 2 fully saturated rings. The summed E-state index contributed by atoms with van der Waals surface area (Å²) < 4.78 is 22.3. The van der Waals surface area contributed by atoms with Gasteiger partial charge < -0.3 is 24.7 Å². The lowest BCUT2D eigenvalue weighted by atomic mass is 9.82. The lowest BCUT2D eigenvalue weighted by Crippen LogP contribution is -2.61. The van der Waals surface area contributed by atoms with E-state index in [1.54, 1.807) is 9.21 Å². The fraction of sp³-hybridized carbons (Fsp3) is 0.682. The van der Waals surface area contributed by atoms with Crippen molar-refractivity contribution >= 4 is 18.3 Å². The molecule has 3 atom stereocenters. The van der Waals surface area contributed by atoms with Gasteiger partial charge in [0, 0.05) is 19.1 Å². The van der Waals surface area contributed by atoms with Crippen LogP contribution in [0.3, 0.4) is 0 Å². The second-order valence-electron chi connectivity index (χ2n) is 8.47. The van der Waals surface area contributed by atoms with Crippen LogP contribution in [-0.4, -0.2) is 71.9 Å². The zero-order valence-corrected chi connectivity index (χ0v) is 18.8. The first-order valence-electron chi connectivity index (χ1n) is 10.8. The zero-order chi connectivity index (χ0) is 21.5. The smallest absolute Gasteiger partial charge is 0.409 e. The number of nitrogens with zero attached hydrogens (tertiary/aromatic N) is 2. The minimum Gasteiger partial charge on any atom is -0.453 e. The van der Waals surface area contributed by atoms with Gasteiger partial charge in [-0.25, -0.2) is 9.10 Å². The lowest BCUT2D eigenvalue weighted by Gasteiger charge is -2.44. The molecular formula is C22H35N3O4S. The third-order valence-corrected chi connectivity index (χ3v) is 7.05. The van der Waals surface area contributed by atoms with Crippen LogP contribution in [0.4, 0.5) is 4.79 Å². The van der Waals surface area contributed by atoms with Crippen molar-refractivity contribution in [2.45, 2.75) is 56.2 Å². The van der Waals surface area contributed by atoms with Crippen molar-refractivity contribution < 1.29 is 18.8 Å². The first-order chi connectivity index (χ1) is 14.5. The molecule has 1 aliphatic carbocycles. The van der Waals surface area contributed by atoms with Crippen LogP contribution < -0.4 is 5.73 Å². The second kappa shape index (κ2) is 11.3. The summed E-state index contributed by atoms with van der Waals surface area (Å²) in [7, 11) is 3.24. The van der Waals surface area contributed by atoms with Crippen molar-refractivity contribution in [2.24, 2.45) is 11.7 Å². The van der Waals surface area contributed by atoms with Crippen molar-refractivity contribution in [3.8, 4) is 0 Å². The van der Waals surface area contributed by atoms with E-state index >= 15 is 0 Å². The molecule has 1 saturated carbocycles. The summed E-state index contributed by atoms with van der Waals surface area (Å²) >= 11 is 0.709. The third kappa shape index (κ3) is 5.88. The topological polar surface area (TPSA) is 88.3 Å². The summed E-state index contributed by atoms with van der Waals surface area (Å²) in [4.78, 5) is 14.0. The van der Waals surface area contributed by atoms with Crippen molar-refractivity contribution in [3.63, 3.8) is 0 Å². The minimum absolute atomic E-state index is 0.179. The van der Waals surface area contributed by atoms with E-state index in [0.717, 1.165) is 32.1 Å². The molecule has 30 heavy (non-hydrogen) atoms. The molecule has 1 heterocycles. The highest BCUT2D eigenvalue weighted by Gasteiger charge is 2.39. The van der Waals surface area contributed by atoms with Crippen LogP contribution in [0.15, 0.2) is 30.3 Å². The van der Waals surface area contributed by atoms with Gasteiger partial charge in [-0.2, -0.15) is 0 Å². The number of hydrogen-bond donors (Lipinski definition) is 2. The van der Waals surface area contributed by atoms with Crippen LogP contribution in [0.2, 0.25) is 0 Å². The maximum absolute atomic E-state index is 12.3. The fourth-order valence-corrected chi connectivity index (χ4v) is 5.09. The van der Waals surface area contributed by atoms with E-state index in [-0.39, 0.29) is 30.2 Å². The molecule has 1 aliphatic heterocycles. The minimum atomic E-state index is -0.352. The van der Waals surface area contributed by atoms with E-state index in [4.69, 9.17) is 15.2 Å². The van der Waals surface area contributed by atoms with Gasteiger partial charge in [0.1, 0.15) is 0 Å². The molecule has 0 radical (unpaired) electrons. The molecule has 168 valence electrons. The van der Waals surface area contributed by atoms with Crippen LogP contribution in [0.1, 0.15) is 43.6 Å².